The van der Waals surface area contributed by atoms with E-state index < -0.39 is 53.1 Å². The quantitative estimate of drug-likeness (QED) is 0.367. The first-order chi connectivity index (χ1) is 21.9. The van der Waals surface area contributed by atoms with Gasteiger partial charge in [-0.2, -0.15) is 0 Å². The molecule has 0 spiro atoms. The van der Waals surface area contributed by atoms with Crippen molar-refractivity contribution in [1.82, 2.24) is 0 Å². The third kappa shape index (κ3) is 4.46. The molecule has 0 aromatic heterocycles. The molecule has 244 valence electrons. The lowest BCUT2D eigenvalue weighted by Crippen LogP contribution is -2.63. The maximum atomic E-state index is 16.2. The highest BCUT2D eigenvalue weighted by atomic mass is 19.1. The molecule has 2 aromatic rings. The van der Waals surface area contributed by atoms with Gasteiger partial charge in [-0.25, -0.2) is 4.39 Å². The predicted molar refractivity (Wildman–Crippen MR) is 168 cm³/mol. The monoisotopic (exact) mass is 631 g/mol. The van der Waals surface area contributed by atoms with Crippen LogP contribution in [0.3, 0.4) is 0 Å². The van der Waals surface area contributed by atoms with E-state index in [9.17, 15) is 19.8 Å². The van der Waals surface area contributed by atoms with Crippen LogP contribution in [0.25, 0.3) is 0 Å². The molecule has 0 amide bonds. The van der Waals surface area contributed by atoms with Crippen LogP contribution < -0.4 is 10.5 Å². The van der Waals surface area contributed by atoms with Crippen LogP contribution in [0, 0.1) is 41.3 Å². The molecule has 46 heavy (non-hydrogen) atoms. The van der Waals surface area contributed by atoms with Crippen molar-refractivity contribution >= 4 is 17.3 Å². The van der Waals surface area contributed by atoms with Crippen molar-refractivity contribution in [3.05, 3.63) is 82.7 Å². The largest absolute Gasteiger partial charge is 0.490 e. The Labute approximate surface area is 268 Å². The Kier molecular flexibility index (Phi) is 7.55. The van der Waals surface area contributed by atoms with E-state index in [-0.39, 0.29) is 47.9 Å². The minimum Gasteiger partial charge on any atom is -0.490 e. The summed E-state index contributed by atoms with van der Waals surface area (Å²) in [4.78, 5) is 26.1. The van der Waals surface area contributed by atoms with E-state index in [4.69, 9.17) is 19.9 Å². The number of hydrogen-bond acceptors (Lipinski definition) is 8. The Balaban J connectivity index is 1.18. The van der Waals surface area contributed by atoms with Crippen LogP contribution in [0.4, 0.5) is 10.1 Å². The van der Waals surface area contributed by atoms with Crippen LogP contribution in [0.1, 0.15) is 62.5 Å². The van der Waals surface area contributed by atoms with Crippen LogP contribution in [0.5, 0.6) is 5.75 Å². The van der Waals surface area contributed by atoms with E-state index in [1.54, 1.807) is 31.2 Å². The highest BCUT2D eigenvalue weighted by Gasteiger charge is 2.76. The van der Waals surface area contributed by atoms with Gasteiger partial charge < -0.3 is 30.2 Å². The van der Waals surface area contributed by atoms with E-state index in [2.05, 4.69) is 6.92 Å². The maximum absolute atomic E-state index is 16.2. The fourth-order valence-electron chi connectivity index (χ4n) is 9.85. The molecule has 7 rings (SSSR count). The van der Waals surface area contributed by atoms with E-state index >= 15 is 4.39 Å². The molecular weight excluding hydrogens is 589 g/mol. The smallest absolute Gasteiger partial charge is 0.193 e. The summed E-state index contributed by atoms with van der Waals surface area (Å²) in [7, 11) is 0. The standard InChI is InChI=1S/C37H42FNO7/c1-20-4-11-28(44-15-13-21-5-8-23(39)9-6-21)33(38)31(20)34-45-30-17-26-25-10-7-22-16-24(41)12-14-35(22,2)32(25)27(42)18-36(26,3)37(30,46-34)29(43)19-40/h4-6,8-9,11-12,14,16,25-27,30,32,34,40,42H,7,10,13,15,17-19,39H2,1-3H3/t25-,26-,27-,30+,32+,34-,35-,36-,37+/m0/s1. The number of aryl methyl sites for hydroxylation is 1. The minimum atomic E-state index is -1.57. The summed E-state index contributed by atoms with van der Waals surface area (Å²) in [5.74, 6) is -1.28. The fourth-order valence-corrected chi connectivity index (χ4v) is 9.85. The molecule has 0 bridgehead atoms. The number of ketones is 2. The lowest BCUT2D eigenvalue weighted by atomic mass is 9.46. The average Bonchev–Trinajstić information content (AvgIpc) is 3.51. The minimum absolute atomic E-state index is 0.0319. The van der Waals surface area contributed by atoms with Gasteiger partial charge in [0.2, 0.25) is 0 Å². The van der Waals surface area contributed by atoms with E-state index in [1.807, 2.05) is 37.3 Å². The van der Waals surface area contributed by atoms with Gasteiger partial charge in [-0.3, -0.25) is 9.59 Å². The zero-order chi connectivity index (χ0) is 32.6. The van der Waals surface area contributed by atoms with E-state index in [0.717, 1.165) is 24.0 Å². The molecule has 4 fully saturated rings. The normalized spacial score (nSPS) is 37.6. The summed E-state index contributed by atoms with van der Waals surface area (Å²) < 4.78 is 35.2. The lowest BCUT2D eigenvalue weighted by molar-refractivity contribution is -0.201. The number of nitrogens with two attached hydrogens (primary N) is 1. The van der Waals surface area contributed by atoms with Crippen LogP contribution in [-0.2, 0) is 25.5 Å². The average molecular weight is 632 g/mol. The zero-order valence-corrected chi connectivity index (χ0v) is 26.5. The fraction of sp³-hybridized carbons (Fsp3) is 0.514. The van der Waals surface area contributed by atoms with E-state index in [1.165, 1.54) is 0 Å². The molecule has 8 nitrogen and oxygen atoms in total. The van der Waals surface area contributed by atoms with Crippen LogP contribution >= 0.6 is 0 Å². The number of benzene rings is 2. The molecular formula is C37H42FNO7. The van der Waals surface area contributed by atoms with Gasteiger partial charge in [0.05, 0.1) is 24.4 Å². The number of allylic oxidation sites excluding steroid dienone is 4. The molecule has 9 heteroatoms. The number of hydrogen-bond donors (Lipinski definition) is 3. The van der Waals surface area contributed by atoms with Crippen LogP contribution in [0.15, 0.2) is 60.2 Å². The van der Waals surface area contributed by atoms with Crippen molar-refractivity contribution in [3.63, 3.8) is 0 Å². The molecule has 0 unspecified atom stereocenters. The number of carbonyl (C=O) groups excluding carboxylic acids is 2. The van der Waals surface area contributed by atoms with Gasteiger partial charge >= 0.3 is 0 Å². The molecule has 1 saturated heterocycles. The Morgan fingerprint density at radius 1 is 1.17 bits per heavy atom. The lowest BCUT2D eigenvalue weighted by Gasteiger charge is -2.59. The first-order valence-corrected chi connectivity index (χ1v) is 16.3. The van der Waals surface area contributed by atoms with Gasteiger partial charge in [0.15, 0.2) is 35.0 Å². The van der Waals surface area contributed by atoms with Gasteiger partial charge in [0, 0.05) is 28.9 Å². The molecule has 5 aliphatic rings. The summed E-state index contributed by atoms with van der Waals surface area (Å²) >= 11 is 0. The molecule has 0 radical (unpaired) electrons. The molecule has 1 heterocycles. The number of halogens is 1. The highest BCUT2D eigenvalue weighted by molar-refractivity contribution is 6.01. The Hall–Kier alpha value is -3.37. The summed E-state index contributed by atoms with van der Waals surface area (Å²) in [5, 5.41) is 22.1. The number of Topliss-reactive ketones (excluding diaryl/α,β-unsaturated/α-hetero) is 1. The third-order valence-corrected chi connectivity index (χ3v) is 12.0. The second-order valence-electron chi connectivity index (χ2n) is 14.3. The summed E-state index contributed by atoms with van der Waals surface area (Å²) in [6.07, 6.45) is 5.28. The Bertz CT molecular complexity index is 1640. The van der Waals surface area contributed by atoms with Crippen LogP contribution in [-0.4, -0.2) is 52.8 Å². The number of nitrogen functional groups attached to an aromatic ring is 1. The van der Waals surface area contributed by atoms with Gasteiger partial charge in [-0.1, -0.05) is 43.7 Å². The van der Waals surface area contributed by atoms with Crippen molar-refractivity contribution in [2.24, 2.45) is 28.6 Å². The van der Waals surface area contributed by atoms with Gasteiger partial charge in [-0.05, 0) is 85.9 Å². The first-order valence-electron chi connectivity index (χ1n) is 16.3. The predicted octanol–water partition coefficient (Wildman–Crippen LogP) is 4.94. The molecule has 4 aliphatic carbocycles. The zero-order valence-electron chi connectivity index (χ0n) is 26.5. The second-order valence-corrected chi connectivity index (χ2v) is 14.3. The van der Waals surface area contributed by atoms with Crippen molar-refractivity contribution < 1.29 is 38.4 Å². The molecule has 9 atom stereocenters. The Morgan fingerprint density at radius 2 is 1.93 bits per heavy atom. The summed E-state index contributed by atoms with van der Waals surface area (Å²) in [5.41, 5.74) is 6.32. The third-order valence-electron chi connectivity index (χ3n) is 12.0. The van der Waals surface area contributed by atoms with E-state index in [0.29, 0.717) is 24.1 Å². The van der Waals surface area contributed by atoms with Gasteiger partial charge in [0.25, 0.3) is 0 Å². The number of aliphatic hydroxyl groups excluding tert-OH is 2. The van der Waals surface area contributed by atoms with Crippen molar-refractivity contribution in [1.29, 1.82) is 0 Å². The van der Waals surface area contributed by atoms with Gasteiger partial charge in [-0.15, -0.1) is 0 Å². The number of fused-ring (bicyclic) bond motifs is 7. The summed E-state index contributed by atoms with van der Waals surface area (Å²) in [6, 6.07) is 10.7. The molecule has 2 aromatic carbocycles. The maximum Gasteiger partial charge on any atom is 0.193 e. The highest BCUT2D eigenvalue weighted by Crippen LogP contribution is 2.70. The number of rotatable bonds is 7. The molecule has 4 N–H and O–H groups in total. The molecule has 1 aliphatic heterocycles. The second kappa shape index (κ2) is 11.1. The number of carbonyl (C=O) groups is 2. The van der Waals surface area contributed by atoms with Gasteiger partial charge in [0.1, 0.15) is 6.61 Å². The first kappa shape index (κ1) is 31.2. The topological polar surface area (TPSA) is 128 Å². The SMILES string of the molecule is Cc1ccc(OCCc2ccc(N)cc2)c(F)c1[C@H]1O[C@@H]2C[C@H]3[C@@H]4CCC5=CC(=O)C=C[C@]5(C)[C@H]4[C@@H](O)C[C@]3(C)[C@]2(C(=O)CO)O1. The summed E-state index contributed by atoms with van der Waals surface area (Å²) in [6.45, 7) is 5.29. The van der Waals surface area contributed by atoms with Crippen LogP contribution in [0.2, 0.25) is 0 Å². The number of ether oxygens (including phenoxy) is 3. The number of anilines is 1. The molecule has 3 saturated carbocycles. The number of aliphatic hydroxyl groups is 2. The van der Waals surface area contributed by atoms with Crippen molar-refractivity contribution in [2.45, 2.75) is 77.0 Å². The van der Waals surface area contributed by atoms with Crippen molar-refractivity contribution in [2.75, 3.05) is 18.9 Å². The van der Waals surface area contributed by atoms with Crippen molar-refractivity contribution in [3.8, 4) is 5.75 Å². The Morgan fingerprint density at radius 3 is 2.67 bits per heavy atom.